The molecular formula is C16H19F2N3. The second kappa shape index (κ2) is 5.84. The Morgan fingerprint density at radius 2 is 2.14 bits per heavy atom. The van der Waals surface area contributed by atoms with Crippen LogP contribution in [0.5, 0.6) is 0 Å². The van der Waals surface area contributed by atoms with E-state index in [-0.39, 0.29) is 0 Å². The lowest BCUT2D eigenvalue weighted by Gasteiger charge is -2.10. The Morgan fingerprint density at radius 3 is 2.90 bits per heavy atom. The maximum absolute atomic E-state index is 14.1. The molecule has 5 heteroatoms. The fourth-order valence-electron chi connectivity index (χ4n) is 2.84. The largest absolute Gasteiger partial charge is 0.370 e. The van der Waals surface area contributed by atoms with Gasteiger partial charge in [0.25, 0.3) is 0 Å². The van der Waals surface area contributed by atoms with Crippen molar-refractivity contribution < 1.29 is 8.78 Å². The Hall–Kier alpha value is -1.91. The third-order valence-electron chi connectivity index (χ3n) is 3.84. The van der Waals surface area contributed by atoms with Crippen LogP contribution in [0.1, 0.15) is 37.4 Å². The molecule has 1 aromatic heterocycles. The molecule has 3 nitrogen and oxygen atoms in total. The molecule has 0 unspecified atom stereocenters. The molecule has 1 aromatic carbocycles. The van der Waals surface area contributed by atoms with E-state index in [2.05, 4.69) is 17.3 Å². The second-order valence-electron chi connectivity index (χ2n) is 5.42. The second-order valence-corrected chi connectivity index (χ2v) is 5.42. The van der Waals surface area contributed by atoms with Crippen LogP contribution in [-0.2, 0) is 12.8 Å². The van der Waals surface area contributed by atoms with Crippen molar-refractivity contribution >= 4 is 5.82 Å². The number of nitrogens with one attached hydrogen (secondary N) is 1. The van der Waals surface area contributed by atoms with E-state index in [4.69, 9.17) is 0 Å². The van der Waals surface area contributed by atoms with E-state index in [1.54, 1.807) is 4.68 Å². The van der Waals surface area contributed by atoms with Crippen LogP contribution >= 0.6 is 0 Å². The van der Waals surface area contributed by atoms with Gasteiger partial charge in [-0.3, -0.25) is 0 Å². The zero-order valence-electron chi connectivity index (χ0n) is 12.1. The van der Waals surface area contributed by atoms with Gasteiger partial charge in [-0.25, -0.2) is 13.5 Å². The summed E-state index contributed by atoms with van der Waals surface area (Å²) in [6.45, 7) is 2.96. The lowest BCUT2D eigenvalue weighted by atomic mass is 10.1. The van der Waals surface area contributed by atoms with Crippen molar-refractivity contribution in [2.75, 3.05) is 11.9 Å². The standard InChI is InChI=1S/C16H19F2N3/c1-2-5-14-12-6-3-4-9-19-16(12)21(20-14)15-8-7-11(17)10-13(15)18/h7-8,10,19H,2-6,9H2,1H3. The zero-order valence-corrected chi connectivity index (χ0v) is 12.1. The van der Waals surface area contributed by atoms with Crippen molar-refractivity contribution in [3.8, 4) is 5.69 Å². The van der Waals surface area contributed by atoms with Crippen LogP contribution in [0.3, 0.4) is 0 Å². The molecule has 0 amide bonds. The summed E-state index contributed by atoms with van der Waals surface area (Å²) in [5.41, 5.74) is 2.49. The van der Waals surface area contributed by atoms with Gasteiger partial charge >= 0.3 is 0 Å². The minimum atomic E-state index is -0.589. The van der Waals surface area contributed by atoms with E-state index in [9.17, 15) is 8.78 Å². The summed E-state index contributed by atoms with van der Waals surface area (Å²) in [4.78, 5) is 0. The minimum Gasteiger partial charge on any atom is -0.370 e. The van der Waals surface area contributed by atoms with Crippen LogP contribution in [0.15, 0.2) is 18.2 Å². The van der Waals surface area contributed by atoms with Crippen molar-refractivity contribution in [1.29, 1.82) is 0 Å². The van der Waals surface area contributed by atoms with Crippen LogP contribution in [0.25, 0.3) is 5.69 Å². The molecule has 2 aromatic rings. The Labute approximate surface area is 123 Å². The van der Waals surface area contributed by atoms with Crippen LogP contribution in [0.4, 0.5) is 14.6 Å². The van der Waals surface area contributed by atoms with Gasteiger partial charge in [-0.1, -0.05) is 13.3 Å². The third kappa shape index (κ3) is 2.64. The first-order chi connectivity index (χ1) is 10.2. The molecule has 0 saturated heterocycles. The van der Waals surface area contributed by atoms with Crippen molar-refractivity contribution in [2.24, 2.45) is 0 Å². The highest BCUT2D eigenvalue weighted by Crippen LogP contribution is 2.29. The van der Waals surface area contributed by atoms with E-state index >= 15 is 0 Å². The summed E-state index contributed by atoms with van der Waals surface area (Å²) in [5, 5.41) is 7.93. The van der Waals surface area contributed by atoms with Crippen LogP contribution in [-0.4, -0.2) is 16.3 Å². The van der Waals surface area contributed by atoms with Crippen molar-refractivity contribution in [2.45, 2.75) is 39.0 Å². The summed E-state index contributed by atoms with van der Waals surface area (Å²) in [7, 11) is 0. The Bertz CT molecular complexity index is 649. The van der Waals surface area contributed by atoms with Gasteiger partial charge in [-0.05, 0) is 37.8 Å². The first-order valence-corrected chi connectivity index (χ1v) is 7.50. The Balaban J connectivity index is 2.13. The number of benzene rings is 1. The number of rotatable bonds is 3. The molecule has 3 rings (SSSR count). The average Bonchev–Trinajstić information content (AvgIpc) is 2.64. The highest BCUT2D eigenvalue weighted by atomic mass is 19.1. The number of halogens is 2. The number of hydrogen-bond acceptors (Lipinski definition) is 2. The van der Waals surface area contributed by atoms with Gasteiger partial charge in [0.1, 0.15) is 17.3 Å². The van der Waals surface area contributed by atoms with Gasteiger partial charge in [0.2, 0.25) is 0 Å². The predicted octanol–water partition coefficient (Wildman–Crippen LogP) is 3.85. The van der Waals surface area contributed by atoms with E-state index in [1.807, 2.05) is 0 Å². The van der Waals surface area contributed by atoms with Crippen LogP contribution in [0, 0.1) is 11.6 Å². The molecule has 0 saturated carbocycles. The summed E-state index contributed by atoms with van der Waals surface area (Å²) < 4.78 is 28.8. The highest BCUT2D eigenvalue weighted by molar-refractivity contribution is 5.54. The number of anilines is 1. The van der Waals surface area contributed by atoms with E-state index in [1.165, 1.54) is 17.7 Å². The molecule has 0 fully saturated rings. The van der Waals surface area contributed by atoms with Gasteiger partial charge in [0, 0.05) is 18.2 Å². The molecular weight excluding hydrogens is 272 g/mol. The summed E-state index contributed by atoms with van der Waals surface area (Å²) >= 11 is 0. The van der Waals surface area contributed by atoms with E-state index in [0.717, 1.165) is 56.2 Å². The lowest BCUT2D eigenvalue weighted by molar-refractivity contribution is 0.573. The molecule has 0 spiro atoms. The molecule has 0 atom stereocenters. The SMILES string of the molecule is CCCc1nn(-c2ccc(F)cc2F)c2c1CCCCN2. The van der Waals surface area contributed by atoms with Crippen molar-refractivity contribution in [1.82, 2.24) is 9.78 Å². The Morgan fingerprint density at radius 1 is 1.29 bits per heavy atom. The third-order valence-corrected chi connectivity index (χ3v) is 3.84. The van der Waals surface area contributed by atoms with E-state index < -0.39 is 11.6 Å². The maximum Gasteiger partial charge on any atom is 0.151 e. The van der Waals surface area contributed by atoms with Crippen molar-refractivity contribution in [3.63, 3.8) is 0 Å². The molecule has 0 bridgehead atoms. The molecule has 112 valence electrons. The maximum atomic E-state index is 14.1. The fourth-order valence-corrected chi connectivity index (χ4v) is 2.84. The van der Waals surface area contributed by atoms with E-state index in [0.29, 0.717) is 5.69 Å². The number of aromatic nitrogens is 2. The van der Waals surface area contributed by atoms with Gasteiger partial charge in [0.05, 0.1) is 5.69 Å². The number of hydrogen-bond donors (Lipinski definition) is 1. The topological polar surface area (TPSA) is 29.9 Å². The molecule has 1 aliphatic heterocycles. The molecule has 21 heavy (non-hydrogen) atoms. The highest BCUT2D eigenvalue weighted by Gasteiger charge is 2.21. The first kappa shape index (κ1) is 14.0. The molecule has 1 aliphatic rings. The van der Waals surface area contributed by atoms with Gasteiger partial charge in [0.15, 0.2) is 5.82 Å². The monoisotopic (exact) mass is 291 g/mol. The number of fused-ring (bicyclic) bond motifs is 1. The average molecular weight is 291 g/mol. The quantitative estimate of drug-likeness (QED) is 0.931. The predicted molar refractivity (Wildman–Crippen MR) is 78.9 cm³/mol. The summed E-state index contributed by atoms with van der Waals surface area (Å²) in [6.07, 6.45) is 5.02. The normalized spacial score (nSPS) is 14.4. The fraction of sp³-hybridized carbons (Fsp3) is 0.438. The number of aryl methyl sites for hydroxylation is 1. The zero-order chi connectivity index (χ0) is 14.8. The first-order valence-electron chi connectivity index (χ1n) is 7.50. The summed E-state index contributed by atoms with van der Waals surface area (Å²) in [5.74, 6) is -0.299. The van der Waals surface area contributed by atoms with Gasteiger partial charge < -0.3 is 5.32 Å². The molecule has 0 aliphatic carbocycles. The molecule has 1 N–H and O–H groups in total. The lowest BCUT2D eigenvalue weighted by Crippen LogP contribution is -2.08. The smallest absolute Gasteiger partial charge is 0.151 e. The van der Waals surface area contributed by atoms with Crippen LogP contribution in [0.2, 0.25) is 0 Å². The summed E-state index contributed by atoms with van der Waals surface area (Å²) in [6, 6.07) is 3.61. The minimum absolute atomic E-state index is 0.296. The molecule has 2 heterocycles. The number of nitrogens with zero attached hydrogens (tertiary/aromatic N) is 2. The molecule has 0 radical (unpaired) electrons. The Kier molecular flexibility index (Phi) is 3.90. The van der Waals surface area contributed by atoms with Gasteiger partial charge in [-0.15, -0.1) is 0 Å². The van der Waals surface area contributed by atoms with Crippen molar-refractivity contribution in [3.05, 3.63) is 41.1 Å². The van der Waals surface area contributed by atoms with Gasteiger partial charge in [-0.2, -0.15) is 5.10 Å². The van der Waals surface area contributed by atoms with Crippen LogP contribution < -0.4 is 5.32 Å².